The fraction of sp³-hybridized carbons (Fsp3) is 0.417. The van der Waals surface area contributed by atoms with E-state index in [9.17, 15) is 4.79 Å². The molecule has 1 saturated carbocycles. The SMILES string of the molecule is COC1CCC2(C)c3ccc(C(=O)Nc4cccnc4C)cc3C=CCC2C1. The minimum Gasteiger partial charge on any atom is -0.381 e. The first kappa shape index (κ1) is 18.9. The van der Waals surface area contributed by atoms with Crippen molar-refractivity contribution in [3.8, 4) is 0 Å². The topological polar surface area (TPSA) is 51.2 Å². The minimum absolute atomic E-state index is 0.0960. The number of methoxy groups -OCH3 is 1. The number of anilines is 1. The van der Waals surface area contributed by atoms with E-state index in [1.165, 1.54) is 5.56 Å². The van der Waals surface area contributed by atoms with Crippen molar-refractivity contribution in [2.24, 2.45) is 5.92 Å². The van der Waals surface area contributed by atoms with Crippen LogP contribution in [-0.2, 0) is 10.2 Å². The number of aryl methyl sites for hydroxylation is 1. The molecule has 0 bridgehead atoms. The maximum absolute atomic E-state index is 12.8. The summed E-state index contributed by atoms with van der Waals surface area (Å²) in [5.74, 6) is 0.475. The minimum atomic E-state index is -0.0960. The zero-order valence-electron chi connectivity index (χ0n) is 16.9. The lowest BCUT2D eigenvalue weighted by molar-refractivity contribution is 0.0214. The van der Waals surface area contributed by atoms with Gasteiger partial charge in [-0.1, -0.05) is 25.1 Å². The van der Waals surface area contributed by atoms with Gasteiger partial charge in [0.25, 0.3) is 5.91 Å². The van der Waals surface area contributed by atoms with E-state index in [-0.39, 0.29) is 11.3 Å². The van der Waals surface area contributed by atoms with E-state index < -0.39 is 0 Å². The Hall–Kier alpha value is -2.46. The molecule has 2 aliphatic carbocycles. The van der Waals surface area contributed by atoms with Crippen molar-refractivity contribution in [3.05, 3.63) is 65.0 Å². The summed E-state index contributed by atoms with van der Waals surface area (Å²) in [5, 5.41) is 2.99. The molecule has 1 aromatic heterocycles. The summed E-state index contributed by atoms with van der Waals surface area (Å²) < 4.78 is 5.65. The van der Waals surface area contributed by atoms with Crippen LogP contribution in [0.3, 0.4) is 0 Å². The molecule has 1 fully saturated rings. The van der Waals surface area contributed by atoms with E-state index in [2.05, 4.69) is 35.4 Å². The molecule has 1 N–H and O–H groups in total. The Kier molecular flexibility index (Phi) is 5.07. The van der Waals surface area contributed by atoms with Gasteiger partial charge < -0.3 is 10.1 Å². The van der Waals surface area contributed by atoms with E-state index in [0.29, 0.717) is 17.6 Å². The first-order valence-electron chi connectivity index (χ1n) is 10.1. The average molecular weight is 377 g/mol. The number of ether oxygens (including phenoxy) is 1. The Bertz CT molecular complexity index is 921. The molecule has 0 saturated heterocycles. The van der Waals surface area contributed by atoms with Crippen molar-refractivity contribution in [1.29, 1.82) is 0 Å². The first-order chi connectivity index (χ1) is 13.5. The number of fused-ring (bicyclic) bond motifs is 3. The van der Waals surface area contributed by atoms with Crippen molar-refractivity contribution in [2.45, 2.75) is 51.0 Å². The Morgan fingerprint density at radius 1 is 1.32 bits per heavy atom. The number of pyridine rings is 1. The van der Waals surface area contributed by atoms with Crippen LogP contribution >= 0.6 is 0 Å². The standard InChI is InChI=1S/C24H28N2O2/c1-16-22(8-5-13-25-16)26-23(27)18-9-10-21-17(14-18)6-4-7-19-15-20(28-3)11-12-24(19,21)2/h4-6,8-10,13-14,19-20H,7,11-12,15H2,1-3H3,(H,26,27). The van der Waals surface area contributed by atoms with Crippen molar-refractivity contribution in [3.63, 3.8) is 0 Å². The second kappa shape index (κ2) is 7.51. The quantitative estimate of drug-likeness (QED) is 0.808. The molecule has 28 heavy (non-hydrogen) atoms. The van der Waals surface area contributed by atoms with E-state index in [0.717, 1.165) is 42.6 Å². The van der Waals surface area contributed by atoms with Gasteiger partial charge in [-0.25, -0.2) is 0 Å². The molecule has 2 aliphatic rings. The average Bonchev–Trinajstić information content (AvgIpc) is 2.84. The highest BCUT2D eigenvalue weighted by atomic mass is 16.5. The highest BCUT2D eigenvalue weighted by Crippen LogP contribution is 2.48. The van der Waals surface area contributed by atoms with Gasteiger partial charge >= 0.3 is 0 Å². The fourth-order valence-electron chi connectivity index (χ4n) is 4.82. The van der Waals surface area contributed by atoms with Gasteiger partial charge in [-0.15, -0.1) is 0 Å². The molecule has 3 atom stereocenters. The Morgan fingerprint density at radius 3 is 2.96 bits per heavy atom. The van der Waals surface area contributed by atoms with Crippen LogP contribution in [0.5, 0.6) is 0 Å². The van der Waals surface area contributed by atoms with Gasteiger partial charge in [-0.3, -0.25) is 9.78 Å². The summed E-state index contributed by atoms with van der Waals surface area (Å²) in [6.07, 6.45) is 10.9. The fourth-order valence-corrected chi connectivity index (χ4v) is 4.82. The number of hydrogen-bond donors (Lipinski definition) is 1. The third-order valence-corrected chi connectivity index (χ3v) is 6.67. The van der Waals surface area contributed by atoms with Gasteiger partial charge in [0.2, 0.25) is 0 Å². The molecular formula is C24H28N2O2. The Labute approximate surface area is 167 Å². The number of rotatable bonds is 3. The lowest BCUT2D eigenvalue weighted by Crippen LogP contribution is -2.40. The number of allylic oxidation sites excluding steroid dienone is 1. The first-order valence-corrected chi connectivity index (χ1v) is 10.1. The maximum Gasteiger partial charge on any atom is 0.255 e. The van der Waals surface area contributed by atoms with Crippen LogP contribution in [0.4, 0.5) is 5.69 Å². The number of carbonyl (C=O) groups is 1. The Balaban J connectivity index is 1.63. The molecule has 0 spiro atoms. The maximum atomic E-state index is 12.8. The van der Waals surface area contributed by atoms with E-state index >= 15 is 0 Å². The third-order valence-electron chi connectivity index (χ3n) is 6.67. The molecule has 1 amide bonds. The summed E-state index contributed by atoms with van der Waals surface area (Å²) in [5.41, 5.74) is 4.90. The van der Waals surface area contributed by atoms with Crippen LogP contribution < -0.4 is 5.32 Å². The highest BCUT2D eigenvalue weighted by Gasteiger charge is 2.42. The Morgan fingerprint density at radius 2 is 2.18 bits per heavy atom. The van der Waals surface area contributed by atoms with E-state index in [4.69, 9.17) is 4.74 Å². The van der Waals surface area contributed by atoms with Crippen LogP contribution in [0.2, 0.25) is 0 Å². The summed E-state index contributed by atoms with van der Waals surface area (Å²) >= 11 is 0. The molecule has 4 rings (SSSR count). The predicted molar refractivity (Wildman–Crippen MR) is 113 cm³/mol. The largest absolute Gasteiger partial charge is 0.381 e. The van der Waals surface area contributed by atoms with Crippen molar-refractivity contribution >= 4 is 17.7 Å². The summed E-state index contributed by atoms with van der Waals surface area (Å²) in [4.78, 5) is 17.0. The lowest BCUT2D eigenvalue weighted by Gasteiger charge is -2.44. The predicted octanol–water partition coefficient (Wildman–Crippen LogP) is 5.13. The molecule has 4 heteroatoms. The zero-order valence-corrected chi connectivity index (χ0v) is 16.9. The zero-order chi connectivity index (χ0) is 19.7. The second-order valence-corrected chi connectivity index (χ2v) is 8.28. The smallest absolute Gasteiger partial charge is 0.255 e. The number of aromatic nitrogens is 1. The molecule has 146 valence electrons. The summed E-state index contributed by atoms with van der Waals surface area (Å²) in [6.45, 7) is 4.28. The van der Waals surface area contributed by atoms with Crippen LogP contribution in [-0.4, -0.2) is 24.1 Å². The van der Waals surface area contributed by atoms with Gasteiger partial charge in [0.1, 0.15) is 0 Å². The summed E-state index contributed by atoms with van der Waals surface area (Å²) in [6, 6.07) is 9.87. The number of amides is 1. The molecule has 0 aliphatic heterocycles. The van der Waals surface area contributed by atoms with Crippen LogP contribution in [0.15, 0.2) is 42.6 Å². The second-order valence-electron chi connectivity index (χ2n) is 8.28. The van der Waals surface area contributed by atoms with E-state index in [1.807, 2.05) is 38.3 Å². The number of nitrogens with one attached hydrogen (secondary N) is 1. The monoisotopic (exact) mass is 376 g/mol. The van der Waals surface area contributed by atoms with Crippen molar-refractivity contribution < 1.29 is 9.53 Å². The van der Waals surface area contributed by atoms with E-state index in [1.54, 1.807) is 6.20 Å². The number of carbonyl (C=O) groups excluding carboxylic acids is 1. The summed E-state index contributed by atoms with van der Waals surface area (Å²) in [7, 11) is 1.82. The molecule has 3 unspecified atom stereocenters. The number of hydrogen-bond acceptors (Lipinski definition) is 3. The van der Waals surface area contributed by atoms with Gasteiger partial charge in [0.15, 0.2) is 0 Å². The molecule has 4 nitrogen and oxygen atoms in total. The third kappa shape index (κ3) is 3.37. The van der Waals surface area contributed by atoms with Crippen molar-refractivity contribution in [2.75, 3.05) is 12.4 Å². The highest BCUT2D eigenvalue weighted by molar-refractivity contribution is 6.05. The molecule has 0 radical (unpaired) electrons. The molecule has 2 aromatic rings. The van der Waals surface area contributed by atoms with Crippen LogP contribution in [0, 0.1) is 12.8 Å². The lowest BCUT2D eigenvalue weighted by atomic mass is 9.62. The molecular weight excluding hydrogens is 348 g/mol. The number of benzene rings is 1. The van der Waals surface area contributed by atoms with Gasteiger partial charge in [0, 0.05) is 18.9 Å². The van der Waals surface area contributed by atoms with Crippen LogP contribution in [0.25, 0.3) is 6.08 Å². The normalized spacial score (nSPS) is 26.1. The van der Waals surface area contributed by atoms with Gasteiger partial charge in [-0.05, 0) is 79.3 Å². The van der Waals surface area contributed by atoms with Crippen LogP contribution in [0.1, 0.15) is 59.8 Å². The number of nitrogens with zero attached hydrogens (tertiary/aromatic N) is 1. The van der Waals surface area contributed by atoms with Gasteiger partial charge in [0.05, 0.1) is 17.5 Å². The van der Waals surface area contributed by atoms with Crippen molar-refractivity contribution in [1.82, 2.24) is 4.98 Å². The molecule has 1 heterocycles. The molecule has 1 aromatic carbocycles. The van der Waals surface area contributed by atoms with Gasteiger partial charge in [-0.2, -0.15) is 0 Å².